The van der Waals surface area contributed by atoms with Crippen LogP contribution in [0.4, 0.5) is 13.2 Å². The number of primary amides is 1. The first-order valence-corrected chi connectivity index (χ1v) is 14.1. The van der Waals surface area contributed by atoms with E-state index in [2.05, 4.69) is 0 Å². The Morgan fingerprint density at radius 1 is 1.12 bits per heavy atom. The number of halogens is 3. The Bertz CT molecular complexity index is 1640. The molecule has 6 rings (SSSR count). The van der Waals surface area contributed by atoms with Gasteiger partial charge in [-0.3, -0.25) is 19.2 Å². The molecule has 4 heterocycles. The zero-order valence-corrected chi connectivity index (χ0v) is 23.7. The van der Waals surface area contributed by atoms with E-state index in [1.807, 2.05) is 37.3 Å². The van der Waals surface area contributed by atoms with E-state index in [4.69, 9.17) is 15.3 Å². The zero-order chi connectivity index (χ0) is 30.7. The maximum atomic E-state index is 14.9. The van der Waals surface area contributed by atoms with Crippen LogP contribution >= 0.6 is 0 Å². The van der Waals surface area contributed by atoms with Gasteiger partial charge in [0.05, 0.1) is 19.2 Å². The molecule has 9 nitrogen and oxygen atoms in total. The van der Waals surface area contributed by atoms with E-state index in [9.17, 15) is 27.6 Å². The molecule has 43 heavy (non-hydrogen) atoms. The lowest BCUT2D eigenvalue weighted by molar-refractivity contribution is -0.290. The summed E-state index contributed by atoms with van der Waals surface area (Å²) in [6.45, 7) is 3.60. The van der Waals surface area contributed by atoms with Gasteiger partial charge in [0.1, 0.15) is 40.0 Å². The molecule has 2 bridgehead atoms. The van der Waals surface area contributed by atoms with Gasteiger partial charge in [-0.05, 0) is 32.3 Å². The molecule has 2 fully saturated rings. The van der Waals surface area contributed by atoms with E-state index in [1.165, 1.54) is 11.3 Å². The molecule has 12 heteroatoms. The summed E-state index contributed by atoms with van der Waals surface area (Å²) >= 11 is 0. The number of hydroxylamine groups is 2. The molecule has 3 aliphatic rings. The van der Waals surface area contributed by atoms with Gasteiger partial charge in [-0.2, -0.15) is 5.06 Å². The van der Waals surface area contributed by atoms with E-state index >= 15 is 0 Å². The summed E-state index contributed by atoms with van der Waals surface area (Å²) in [4.78, 5) is 46.7. The summed E-state index contributed by atoms with van der Waals surface area (Å²) in [5, 5.41) is 1.38. The number of carbonyl (C=O) groups is 2. The number of aromatic nitrogens is 1. The fourth-order valence-electron chi connectivity index (χ4n) is 6.55. The summed E-state index contributed by atoms with van der Waals surface area (Å²) in [5.41, 5.74) is 2.77. The van der Waals surface area contributed by atoms with Crippen LogP contribution in [0.5, 0.6) is 0 Å². The van der Waals surface area contributed by atoms with Crippen LogP contribution in [0.15, 0.2) is 59.5 Å². The minimum Gasteiger partial charge on any atom is -0.365 e. The number of hydrogen-bond donors (Lipinski definition) is 1. The number of hydrogen-bond acceptors (Lipinski definition) is 6. The van der Waals surface area contributed by atoms with Crippen molar-refractivity contribution in [2.45, 2.75) is 69.7 Å². The van der Waals surface area contributed by atoms with Crippen molar-refractivity contribution in [1.29, 1.82) is 0 Å². The van der Waals surface area contributed by atoms with Gasteiger partial charge < -0.3 is 19.9 Å². The highest BCUT2D eigenvalue weighted by Gasteiger charge is 2.60. The van der Waals surface area contributed by atoms with Gasteiger partial charge in [-0.15, -0.1) is 0 Å². The first-order chi connectivity index (χ1) is 20.4. The Morgan fingerprint density at radius 2 is 1.81 bits per heavy atom. The van der Waals surface area contributed by atoms with Gasteiger partial charge in [-0.25, -0.2) is 13.2 Å². The van der Waals surface area contributed by atoms with E-state index in [-0.39, 0.29) is 42.8 Å². The summed E-state index contributed by atoms with van der Waals surface area (Å²) in [6.07, 6.45) is 2.43. The van der Waals surface area contributed by atoms with Crippen LogP contribution in [0.25, 0.3) is 0 Å². The van der Waals surface area contributed by atoms with Crippen LogP contribution < -0.4 is 11.2 Å². The maximum absolute atomic E-state index is 14.9. The van der Waals surface area contributed by atoms with Gasteiger partial charge in [0.25, 0.3) is 11.8 Å². The molecule has 3 aromatic rings. The maximum Gasteiger partial charge on any atom is 0.270 e. The third-order valence-electron chi connectivity index (χ3n) is 8.90. The van der Waals surface area contributed by atoms with Crippen LogP contribution in [0.2, 0.25) is 0 Å². The Morgan fingerprint density at radius 3 is 2.49 bits per heavy atom. The Hall–Kier alpha value is -4.00. The van der Waals surface area contributed by atoms with Gasteiger partial charge in [0.2, 0.25) is 0 Å². The minimum absolute atomic E-state index is 0.0870. The molecule has 1 spiro atoms. The number of rotatable bonds is 6. The first-order valence-electron chi connectivity index (χ1n) is 14.1. The second-order valence-electron chi connectivity index (χ2n) is 11.7. The van der Waals surface area contributed by atoms with Crippen molar-refractivity contribution >= 4 is 11.8 Å². The molecule has 226 valence electrons. The molecule has 0 radical (unpaired) electrons. The molecule has 2 amide bonds. The number of nitrogens with two attached hydrogens (primary N) is 1. The van der Waals surface area contributed by atoms with E-state index < -0.39 is 58.3 Å². The van der Waals surface area contributed by atoms with Gasteiger partial charge in [0, 0.05) is 49.0 Å². The summed E-state index contributed by atoms with van der Waals surface area (Å²) in [6, 6.07) is 10.9. The highest BCUT2D eigenvalue weighted by molar-refractivity contribution is 5.96. The average molecular weight is 597 g/mol. The normalized spacial score (nSPS) is 26.9. The largest absolute Gasteiger partial charge is 0.365 e. The number of amides is 2. The van der Waals surface area contributed by atoms with Gasteiger partial charge in [0.15, 0.2) is 5.43 Å². The van der Waals surface area contributed by atoms with Crippen LogP contribution in [-0.2, 0) is 22.7 Å². The smallest absolute Gasteiger partial charge is 0.270 e. The number of nitrogens with zero attached hydrogens (tertiary/aromatic N) is 3. The number of pyridine rings is 1. The zero-order valence-electron chi connectivity index (χ0n) is 23.7. The second-order valence-corrected chi connectivity index (χ2v) is 11.7. The van der Waals surface area contributed by atoms with Crippen LogP contribution in [0, 0.1) is 17.5 Å². The fourth-order valence-corrected chi connectivity index (χ4v) is 6.55. The van der Waals surface area contributed by atoms with Crippen LogP contribution in [-0.4, -0.2) is 50.3 Å². The van der Waals surface area contributed by atoms with Gasteiger partial charge >= 0.3 is 0 Å². The van der Waals surface area contributed by atoms with E-state index in [1.54, 1.807) is 16.4 Å². The Balaban J connectivity index is 1.46. The Kier molecular flexibility index (Phi) is 7.18. The van der Waals surface area contributed by atoms with E-state index in [0.717, 1.165) is 11.6 Å². The van der Waals surface area contributed by atoms with Crippen molar-refractivity contribution in [2.24, 2.45) is 5.73 Å². The second kappa shape index (κ2) is 10.6. The SMILES string of the molecule is CC1CCC2(CC(C)(OCc3ccccc3)N(Cc3c(F)cc(F)cc3F)O2)C2CN1C(=O)c1cc(=O)c(C(N)=O)cn12. The van der Waals surface area contributed by atoms with Crippen molar-refractivity contribution in [1.82, 2.24) is 14.5 Å². The van der Waals surface area contributed by atoms with Crippen molar-refractivity contribution in [3.05, 3.63) is 105 Å². The number of carbonyl (C=O) groups excluding carboxylic acids is 2. The predicted molar refractivity (Wildman–Crippen MR) is 148 cm³/mol. The third-order valence-corrected chi connectivity index (χ3v) is 8.90. The lowest BCUT2D eigenvalue weighted by atomic mass is 9.82. The highest BCUT2D eigenvalue weighted by atomic mass is 19.1. The number of ether oxygens (including phenoxy) is 1. The summed E-state index contributed by atoms with van der Waals surface area (Å²) in [7, 11) is 0. The molecule has 2 aromatic carbocycles. The van der Waals surface area contributed by atoms with Crippen molar-refractivity contribution in [3.8, 4) is 0 Å². The molecule has 4 atom stereocenters. The molecule has 0 saturated carbocycles. The molecular formula is C31H31F3N4O5. The lowest BCUT2D eigenvalue weighted by Gasteiger charge is -2.42. The molecule has 3 aliphatic heterocycles. The van der Waals surface area contributed by atoms with Crippen molar-refractivity contribution in [2.75, 3.05) is 6.54 Å². The first kappa shape index (κ1) is 29.1. The number of fused-ring (bicyclic) bond motifs is 5. The number of benzene rings is 2. The van der Waals surface area contributed by atoms with Crippen molar-refractivity contribution < 1.29 is 32.3 Å². The standard InChI is InChI=1S/C31H31F3N4O5/c1-18-8-9-31(27-15-36(18)29(41)25-12-26(39)22(28(35)40)13-37(25)27)17-30(2,42-16-19-6-4-3-5-7-19)38(43-31)14-21-23(33)10-20(32)11-24(21)34/h3-7,10-13,18,27H,8-9,14-17H2,1-2H3,(H2,35,40). The quantitative estimate of drug-likeness (QED) is 0.460. The lowest BCUT2D eigenvalue weighted by Crippen LogP contribution is -2.52. The minimum atomic E-state index is -1.24. The van der Waals surface area contributed by atoms with Crippen molar-refractivity contribution in [3.63, 3.8) is 0 Å². The highest BCUT2D eigenvalue weighted by Crippen LogP contribution is 2.52. The monoisotopic (exact) mass is 596 g/mol. The summed E-state index contributed by atoms with van der Waals surface area (Å²) in [5.74, 6) is -4.46. The topological polar surface area (TPSA) is 107 Å². The van der Waals surface area contributed by atoms with Crippen LogP contribution in [0.1, 0.15) is 71.1 Å². The molecule has 2 N–H and O–H groups in total. The third kappa shape index (κ3) is 5.02. The predicted octanol–water partition coefficient (Wildman–Crippen LogP) is 4.05. The molecule has 4 unspecified atom stereocenters. The van der Waals surface area contributed by atoms with Gasteiger partial charge in [-0.1, -0.05) is 30.3 Å². The molecule has 0 aliphatic carbocycles. The van der Waals surface area contributed by atoms with Crippen LogP contribution in [0.3, 0.4) is 0 Å². The molecular weight excluding hydrogens is 565 g/mol. The average Bonchev–Trinajstić information content (AvgIpc) is 3.18. The molecule has 2 saturated heterocycles. The summed E-state index contributed by atoms with van der Waals surface area (Å²) < 4.78 is 51.6. The molecule has 1 aromatic heterocycles. The van der Waals surface area contributed by atoms with E-state index in [0.29, 0.717) is 25.0 Å². The Labute approximate surface area is 245 Å². The fraction of sp³-hybridized carbons (Fsp3) is 0.387.